The van der Waals surface area contributed by atoms with Gasteiger partial charge in [0.1, 0.15) is 18.2 Å². The number of sulfone groups is 1. The molecule has 0 aromatic heterocycles. The maximum atomic E-state index is 13.0. The summed E-state index contributed by atoms with van der Waals surface area (Å²) in [6, 6.07) is 17.9. The molecule has 3 aromatic rings. The van der Waals surface area contributed by atoms with Gasteiger partial charge in [0.25, 0.3) is 5.91 Å². The van der Waals surface area contributed by atoms with E-state index in [2.05, 4.69) is 5.32 Å². The minimum absolute atomic E-state index is 0.207. The number of carbonyl (C=O) groups is 2. The van der Waals surface area contributed by atoms with Crippen molar-refractivity contribution in [3.8, 4) is 5.75 Å². The number of aliphatic hydroxyl groups is 1. The quantitative estimate of drug-likeness (QED) is 0.436. The number of hydrogen-bond acceptors (Lipinski definition) is 6. The SMILES string of the molecule is O=C(Nc1ccc(S(=O)(=O)CC(O)(COc2ccccc2)C(=O)O)cc1)c1ccc(F)cc1. The van der Waals surface area contributed by atoms with E-state index in [1.807, 2.05) is 0 Å². The first-order valence-electron chi connectivity index (χ1n) is 9.62. The summed E-state index contributed by atoms with van der Waals surface area (Å²) in [6.45, 7) is -0.780. The van der Waals surface area contributed by atoms with Gasteiger partial charge in [0.05, 0.1) is 10.6 Å². The molecule has 10 heteroatoms. The molecule has 1 atom stereocenters. The molecule has 0 heterocycles. The van der Waals surface area contributed by atoms with Crippen LogP contribution in [-0.2, 0) is 14.6 Å². The van der Waals surface area contributed by atoms with Crippen molar-refractivity contribution in [1.82, 2.24) is 0 Å². The number of halogens is 1. The Hall–Kier alpha value is -3.76. The minimum atomic E-state index is -4.23. The summed E-state index contributed by atoms with van der Waals surface area (Å²) in [6.07, 6.45) is 0. The molecule has 0 saturated heterocycles. The number of carboxylic acids is 1. The number of aliphatic carboxylic acids is 1. The molecule has 3 N–H and O–H groups in total. The summed E-state index contributed by atoms with van der Waals surface area (Å²) in [7, 11) is -4.23. The van der Waals surface area contributed by atoms with Gasteiger partial charge in [-0.25, -0.2) is 17.6 Å². The lowest BCUT2D eigenvalue weighted by molar-refractivity contribution is -0.158. The summed E-state index contributed by atoms with van der Waals surface area (Å²) >= 11 is 0. The zero-order chi connectivity index (χ0) is 24.1. The summed E-state index contributed by atoms with van der Waals surface area (Å²) in [5, 5.41) is 22.4. The average Bonchev–Trinajstić information content (AvgIpc) is 2.79. The van der Waals surface area contributed by atoms with Crippen molar-refractivity contribution in [2.45, 2.75) is 10.5 Å². The summed E-state index contributed by atoms with van der Waals surface area (Å²) in [5.41, 5.74) is -2.22. The van der Waals surface area contributed by atoms with Gasteiger partial charge < -0.3 is 20.3 Å². The molecule has 0 radical (unpaired) electrons. The second-order valence-electron chi connectivity index (χ2n) is 7.18. The third-order valence-electron chi connectivity index (χ3n) is 4.63. The van der Waals surface area contributed by atoms with Crippen molar-refractivity contribution in [3.05, 3.63) is 90.2 Å². The summed E-state index contributed by atoms with van der Waals surface area (Å²) < 4.78 is 43.7. The third kappa shape index (κ3) is 6.15. The Morgan fingerprint density at radius 1 is 0.939 bits per heavy atom. The monoisotopic (exact) mass is 473 g/mol. The molecule has 8 nitrogen and oxygen atoms in total. The standard InChI is InChI=1S/C23H20FNO7S/c24-17-8-6-16(7-9-17)21(26)25-18-10-12-20(13-11-18)33(30,31)15-23(29,22(27)28)14-32-19-4-2-1-3-5-19/h1-13,29H,14-15H2,(H,25,26)(H,27,28). The number of anilines is 1. The maximum Gasteiger partial charge on any atom is 0.340 e. The van der Waals surface area contributed by atoms with Gasteiger partial charge in [-0.15, -0.1) is 0 Å². The van der Waals surface area contributed by atoms with Crippen LogP contribution in [0.15, 0.2) is 83.8 Å². The first kappa shape index (κ1) is 23.9. The van der Waals surface area contributed by atoms with E-state index in [0.717, 1.165) is 12.1 Å². The van der Waals surface area contributed by atoms with E-state index in [-0.39, 0.29) is 21.9 Å². The van der Waals surface area contributed by atoms with E-state index >= 15 is 0 Å². The Balaban J connectivity index is 1.71. The van der Waals surface area contributed by atoms with Crippen LogP contribution in [0.5, 0.6) is 5.75 Å². The van der Waals surface area contributed by atoms with Crippen molar-refractivity contribution >= 4 is 27.4 Å². The number of ether oxygens (including phenoxy) is 1. The molecule has 0 spiro atoms. The Bertz CT molecular complexity index is 1230. The van der Waals surface area contributed by atoms with E-state index in [1.54, 1.807) is 18.2 Å². The van der Waals surface area contributed by atoms with E-state index in [0.29, 0.717) is 0 Å². The average molecular weight is 473 g/mol. The lowest BCUT2D eigenvalue weighted by Crippen LogP contribution is -2.50. The van der Waals surface area contributed by atoms with Gasteiger partial charge in [-0.05, 0) is 60.7 Å². The van der Waals surface area contributed by atoms with Gasteiger partial charge in [-0.2, -0.15) is 0 Å². The predicted octanol–water partition coefficient (Wildman–Crippen LogP) is 2.75. The van der Waals surface area contributed by atoms with Gasteiger partial charge in [0.2, 0.25) is 5.60 Å². The molecular weight excluding hydrogens is 453 g/mol. The molecule has 172 valence electrons. The molecule has 33 heavy (non-hydrogen) atoms. The summed E-state index contributed by atoms with van der Waals surface area (Å²) in [4.78, 5) is 23.6. The van der Waals surface area contributed by atoms with Crippen LogP contribution in [-0.4, -0.2) is 48.5 Å². The number of carbonyl (C=O) groups excluding carboxylic acids is 1. The number of nitrogens with one attached hydrogen (secondary N) is 1. The van der Waals surface area contributed by atoms with Gasteiger partial charge >= 0.3 is 5.97 Å². The van der Waals surface area contributed by atoms with Crippen LogP contribution in [0.3, 0.4) is 0 Å². The van der Waals surface area contributed by atoms with E-state index in [9.17, 15) is 32.6 Å². The fourth-order valence-electron chi connectivity index (χ4n) is 2.83. The fraction of sp³-hybridized carbons (Fsp3) is 0.130. The van der Waals surface area contributed by atoms with Crippen LogP contribution < -0.4 is 10.1 Å². The van der Waals surface area contributed by atoms with Gasteiger partial charge in [0, 0.05) is 11.3 Å². The van der Waals surface area contributed by atoms with E-state index in [1.165, 1.54) is 48.5 Å². The Kier molecular flexibility index (Phi) is 7.10. The highest BCUT2D eigenvalue weighted by molar-refractivity contribution is 7.91. The lowest BCUT2D eigenvalue weighted by atomic mass is 10.1. The molecule has 3 rings (SSSR count). The Labute approximate surface area is 189 Å². The van der Waals surface area contributed by atoms with Gasteiger partial charge in [0.15, 0.2) is 9.84 Å². The highest BCUT2D eigenvalue weighted by Gasteiger charge is 2.42. The van der Waals surface area contributed by atoms with Gasteiger partial charge in [-0.3, -0.25) is 4.79 Å². The second kappa shape index (κ2) is 9.80. The number of benzene rings is 3. The largest absolute Gasteiger partial charge is 0.490 e. The lowest BCUT2D eigenvalue weighted by Gasteiger charge is -2.23. The van der Waals surface area contributed by atoms with Crippen molar-refractivity contribution in [1.29, 1.82) is 0 Å². The van der Waals surface area contributed by atoms with Gasteiger partial charge in [-0.1, -0.05) is 18.2 Å². The minimum Gasteiger partial charge on any atom is -0.490 e. The Morgan fingerprint density at radius 2 is 1.55 bits per heavy atom. The van der Waals surface area contributed by atoms with Crippen molar-refractivity contribution in [3.63, 3.8) is 0 Å². The predicted molar refractivity (Wildman–Crippen MR) is 117 cm³/mol. The first-order valence-corrected chi connectivity index (χ1v) is 11.3. The number of amides is 1. The molecule has 1 amide bonds. The third-order valence-corrected chi connectivity index (χ3v) is 6.47. The zero-order valence-corrected chi connectivity index (χ0v) is 18.0. The molecule has 0 aliphatic rings. The number of carboxylic acid groups (broad SMARTS) is 1. The fourth-order valence-corrected chi connectivity index (χ4v) is 4.39. The highest BCUT2D eigenvalue weighted by Crippen LogP contribution is 2.21. The van der Waals surface area contributed by atoms with Crippen LogP contribution in [0, 0.1) is 5.82 Å². The number of hydrogen-bond donors (Lipinski definition) is 3. The number of rotatable bonds is 9. The van der Waals surface area contributed by atoms with Crippen LogP contribution in [0.1, 0.15) is 10.4 Å². The molecule has 0 aliphatic heterocycles. The molecule has 0 aliphatic carbocycles. The van der Waals surface area contributed by atoms with Crippen LogP contribution >= 0.6 is 0 Å². The molecule has 0 bridgehead atoms. The molecular formula is C23H20FNO7S. The number of para-hydroxylation sites is 1. The molecule has 0 saturated carbocycles. The normalized spacial score (nSPS) is 13.0. The van der Waals surface area contributed by atoms with Crippen LogP contribution in [0.4, 0.5) is 10.1 Å². The van der Waals surface area contributed by atoms with E-state index in [4.69, 9.17) is 4.74 Å². The molecule has 1 unspecified atom stereocenters. The highest BCUT2D eigenvalue weighted by atomic mass is 32.2. The maximum absolute atomic E-state index is 13.0. The smallest absolute Gasteiger partial charge is 0.340 e. The molecule has 0 fully saturated rings. The van der Waals surface area contributed by atoms with Crippen LogP contribution in [0.25, 0.3) is 0 Å². The van der Waals surface area contributed by atoms with E-state index < -0.39 is 45.5 Å². The van der Waals surface area contributed by atoms with Crippen LogP contribution in [0.2, 0.25) is 0 Å². The zero-order valence-electron chi connectivity index (χ0n) is 17.1. The van der Waals surface area contributed by atoms with Crippen molar-refractivity contribution < 1.29 is 37.3 Å². The Morgan fingerprint density at radius 3 is 2.12 bits per heavy atom. The summed E-state index contributed by atoms with van der Waals surface area (Å²) in [5.74, 6) is -3.61. The van der Waals surface area contributed by atoms with Crippen molar-refractivity contribution in [2.75, 3.05) is 17.7 Å². The second-order valence-corrected chi connectivity index (χ2v) is 9.17. The first-order chi connectivity index (χ1) is 15.6. The molecule has 3 aromatic carbocycles. The topological polar surface area (TPSA) is 130 Å². The van der Waals surface area contributed by atoms with Crippen molar-refractivity contribution in [2.24, 2.45) is 0 Å².